The number of nitrogens with zero attached hydrogens (tertiary/aromatic N) is 2. The van der Waals surface area contributed by atoms with Crippen molar-refractivity contribution in [1.29, 1.82) is 0 Å². The third-order valence-corrected chi connectivity index (χ3v) is 11.9. The Hall–Kier alpha value is -6.39. The van der Waals surface area contributed by atoms with Gasteiger partial charge in [-0.3, -0.25) is 0 Å². The van der Waals surface area contributed by atoms with E-state index in [9.17, 15) is 0 Å². The summed E-state index contributed by atoms with van der Waals surface area (Å²) in [6, 6.07) is 65.0. The van der Waals surface area contributed by atoms with Gasteiger partial charge < -0.3 is 9.30 Å². The van der Waals surface area contributed by atoms with Crippen LogP contribution in [0.2, 0.25) is 10.0 Å². The molecule has 7 aromatic carbocycles. The largest absolute Gasteiger partial charge is 0.454 e. The highest BCUT2D eigenvalue weighted by Gasteiger charge is 2.28. The van der Waals surface area contributed by atoms with Crippen molar-refractivity contribution in [3.63, 3.8) is 0 Å². The van der Waals surface area contributed by atoms with E-state index in [1.807, 2.05) is 18.2 Å². The molecule has 0 bridgehead atoms. The van der Waals surface area contributed by atoms with E-state index in [1.165, 1.54) is 5.56 Å². The number of rotatable bonds is 13. The number of benzene rings is 7. The van der Waals surface area contributed by atoms with E-state index in [2.05, 4.69) is 208 Å². The van der Waals surface area contributed by atoms with Crippen molar-refractivity contribution in [2.45, 2.75) is 46.1 Å². The predicted molar refractivity (Wildman–Crippen MR) is 258 cm³/mol. The van der Waals surface area contributed by atoms with Crippen LogP contribution in [0.5, 0.6) is 5.75 Å². The number of allylic oxidation sites excluding steroid dienone is 2. The minimum atomic E-state index is -0.256. The maximum absolute atomic E-state index is 7.81. The smallest absolute Gasteiger partial charge is 0.146 e. The number of aryl methyl sites for hydroxylation is 2. The molecule has 3 nitrogen and oxygen atoms in total. The summed E-state index contributed by atoms with van der Waals surface area (Å²) >= 11 is 13.9. The summed E-state index contributed by atoms with van der Waals surface area (Å²) in [4.78, 5) is 5.39. The SMILES string of the molecule is Cc1ccc(C)n1CC(=Nc1c(Cl)cccc1Cl)/C(=C/CC(C)(C)c1ccccc1)Oc1c(-c2ccccc2)c(-c2ccccc2)cc(-c2ccccc2)c1-c1ccccc1. The van der Waals surface area contributed by atoms with E-state index in [4.69, 9.17) is 32.9 Å². The van der Waals surface area contributed by atoms with Crippen molar-refractivity contribution >= 4 is 34.6 Å². The number of ether oxygens (including phenoxy) is 1. The molecular formula is C56H48Cl2N2O. The average Bonchev–Trinajstić information content (AvgIpc) is 3.62. The summed E-state index contributed by atoms with van der Waals surface area (Å²) in [5.41, 5.74) is 12.6. The molecule has 0 aliphatic carbocycles. The van der Waals surface area contributed by atoms with Crippen LogP contribution < -0.4 is 4.74 Å². The van der Waals surface area contributed by atoms with Gasteiger partial charge in [0.1, 0.15) is 22.9 Å². The van der Waals surface area contributed by atoms with Crippen LogP contribution in [0, 0.1) is 13.8 Å². The predicted octanol–water partition coefficient (Wildman–Crippen LogP) is 16.2. The van der Waals surface area contributed by atoms with Gasteiger partial charge in [0, 0.05) is 22.5 Å². The van der Waals surface area contributed by atoms with Crippen LogP contribution in [0.15, 0.2) is 205 Å². The molecule has 0 unspecified atom stereocenters. The Morgan fingerprint density at radius 1 is 0.557 bits per heavy atom. The first-order valence-electron chi connectivity index (χ1n) is 20.7. The minimum Gasteiger partial charge on any atom is -0.454 e. The van der Waals surface area contributed by atoms with Crippen LogP contribution in [-0.2, 0) is 12.0 Å². The molecule has 0 aliphatic rings. The first kappa shape index (κ1) is 41.3. The molecule has 0 radical (unpaired) electrons. The van der Waals surface area contributed by atoms with Gasteiger partial charge in [-0.05, 0) is 101 Å². The van der Waals surface area contributed by atoms with Crippen molar-refractivity contribution in [3.05, 3.63) is 227 Å². The maximum Gasteiger partial charge on any atom is 0.146 e. The normalized spacial score (nSPS) is 12.1. The quantitative estimate of drug-likeness (QED) is 0.0839. The van der Waals surface area contributed by atoms with Crippen LogP contribution in [0.1, 0.15) is 37.2 Å². The van der Waals surface area contributed by atoms with Crippen molar-refractivity contribution < 1.29 is 4.74 Å². The molecular weight excluding hydrogens is 788 g/mol. The van der Waals surface area contributed by atoms with Crippen molar-refractivity contribution in [2.75, 3.05) is 0 Å². The molecule has 0 amide bonds. The summed E-state index contributed by atoms with van der Waals surface area (Å²) in [6.07, 6.45) is 2.86. The van der Waals surface area contributed by atoms with Crippen LogP contribution in [-0.4, -0.2) is 10.3 Å². The summed E-state index contributed by atoms with van der Waals surface area (Å²) in [6.45, 7) is 9.19. The lowest BCUT2D eigenvalue weighted by molar-refractivity contribution is 0.443. The fraction of sp³-hybridized carbons (Fsp3) is 0.125. The van der Waals surface area contributed by atoms with Crippen LogP contribution in [0.25, 0.3) is 44.5 Å². The maximum atomic E-state index is 7.81. The highest BCUT2D eigenvalue weighted by molar-refractivity contribution is 6.39. The van der Waals surface area contributed by atoms with E-state index >= 15 is 0 Å². The summed E-state index contributed by atoms with van der Waals surface area (Å²) < 4.78 is 10.1. The summed E-state index contributed by atoms with van der Waals surface area (Å²) in [7, 11) is 0. The van der Waals surface area contributed by atoms with Gasteiger partial charge in [0.2, 0.25) is 0 Å². The van der Waals surface area contributed by atoms with E-state index < -0.39 is 0 Å². The fourth-order valence-electron chi connectivity index (χ4n) is 7.91. The van der Waals surface area contributed by atoms with Gasteiger partial charge in [-0.15, -0.1) is 0 Å². The summed E-state index contributed by atoms with van der Waals surface area (Å²) in [5, 5.41) is 0.921. The first-order chi connectivity index (χ1) is 29.7. The Bertz CT molecular complexity index is 2670. The molecule has 0 saturated heterocycles. The monoisotopic (exact) mass is 834 g/mol. The highest BCUT2D eigenvalue weighted by Crippen LogP contribution is 2.51. The molecule has 5 heteroatoms. The second kappa shape index (κ2) is 18.5. The Balaban J connectivity index is 1.49. The van der Waals surface area contributed by atoms with Gasteiger partial charge in [0.25, 0.3) is 0 Å². The number of aliphatic imine (C=N–C) groups is 1. The molecule has 0 atom stereocenters. The Morgan fingerprint density at radius 3 is 1.44 bits per heavy atom. The Labute approximate surface area is 370 Å². The van der Waals surface area contributed by atoms with Gasteiger partial charge in [-0.25, -0.2) is 4.99 Å². The molecule has 0 saturated carbocycles. The molecule has 8 rings (SSSR count). The lowest BCUT2D eigenvalue weighted by atomic mass is 9.81. The third-order valence-electron chi connectivity index (χ3n) is 11.3. The molecule has 1 aromatic heterocycles. The minimum absolute atomic E-state index is 0.256. The summed E-state index contributed by atoms with van der Waals surface area (Å²) in [5.74, 6) is 1.34. The number of hydrogen-bond donors (Lipinski definition) is 0. The molecule has 0 N–H and O–H groups in total. The zero-order chi connectivity index (χ0) is 42.3. The van der Waals surface area contributed by atoms with Gasteiger partial charge in [0.15, 0.2) is 0 Å². The molecule has 61 heavy (non-hydrogen) atoms. The molecule has 8 aromatic rings. The molecule has 0 spiro atoms. The van der Waals surface area contributed by atoms with Gasteiger partial charge >= 0.3 is 0 Å². The highest BCUT2D eigenvalue weighted by atomic mass is 35.5. The van der Waals surface area contributed by atoms with Gasteiger partial charge in [-0.1, -0.05) is 195 Å². The van der Waals surface area contributed by atoms with E-state index in [1.54, 1.807) is 0 Å². The van der Waals surface area contributed by atoms with Crippen molar-refractivity contribution in [3.8, 4) is 50.3 Å². The zero-order valence-electron chi connectivity index (χ0n) is 34.9. The lowest BCUT2D eigenvalue weighted by Crippen LogP contribution is -2.21. The topological polar surface area (TPSA) is 26.5 Å². The van der Waals surface area contributed by atoms with Crippen LogP contribution in [0.4, 0.5) is 5.69 Å². The van der Waals surface area contributed by atoms with Crippen LogP contribution >= 0.6 is 23.2 Å². The second-order valence-electron chi connectivity index (χ2n) is 16.0. The Kier molecular flexibility index (Phi) is 12.5. The molecule has 302 valence electrons. The van der Waals surface area contributed by atoms with E-state index in [0.717, 1.165) is 61.6 Å². The zero-order valence-corrected chi connectivity index (χ0v) is 36.5. The fourth-order valence-corrected chi connectivity index (χ4v) is 8.40. The number of aromatic nitrogens is 1. The lowest BCUT2D eigenvalue weighted by Gasteiger charge is -2.27. The number of hydrogen-bond acceptors (Lipinski definition) is 2. The standard InChI is InChI=1S/C56H48Cl2N2O/c1-39-33-34-40(2)60(39)38-50(59-54-48(57)31-20-32-49(54)58)51(35-36-56(3,4)45-29-18-9-19-30-45)61-55-52(43-25-14-7-15-26-43)46(41-21-10-5-11-22-41)37-47(42-23-12-6-13-24-42)53(55)44-27-16-8-17-28-44/h5-35,37H,36,38H2,1-4H3/b51-35-,59-50?. The first-order valence-corrected chi connectivity index (χ1v) is 21.4. The van der Waals surface area contributed by atoms with Crippen molar-refractivity contribution in [1.82, 2.24) is 4.57 Å². The van der Waals surface area contributed by atoms with E-state index in [-0.39, 0.29) is 5.41 Å². The number of halogens is 2. The Morgan fingerprint density at radius 2 is 0.984 bits per heavy atom. The number of para-hydroxylation sites is 1. The second-order valence-corrected chi connectivity index (χ2v) is 16.8. The molecule has 1 heterocycles. The van der Waals surface area contributed by atoms with Gasteiger partial charge in [-0.2, -0.15) is 0 Å². The molecule has 0 aliphatic heterocycles. The van der Waals surface area contributed by atoms with Crippen LogP contribution in [0.3, 0.4) is 0 Å². The third kappa shape index (κ3) is 9.20. The molecule has 0 fully saturated rings. The van der Waals surface area contributed by atoms with Gasteiger partial charge in [0.05, 0.1) is 16.6 Å². The van der Waals surface area contributed by atoms with Crippen molar-refractivity contribution in [2.24, 2.45) is 4.99 Å². The van der Waals surface area contributed by atoms with E-state index in [0.29, 0.717) is 40.2 Å². The average molecular weight is 836 g/mol.